The Hall–Kier alpha value is -0.830. The molecule has 1 aromatic rings. The van der Waals surface area contributed by atoms with Crippen LogP contribution in [0.25, 0.3) is 0 Å². The molecule has 3 heteroatoms. The molecule has 2 N–H and O–H groups in total. The molecular formula is C8H14N2O. The van der Waals surface area contributed by atoms with E-state index in [-0.39, 0.29) is 0 Å². The predicted molar refractivity (Wildman–Crippen MR) is 43.4 cm³/mol. The van der Waals surface area contributed by atoms with Crippen LogP contribution in [-0.4, -0.2) is 11.7 Å². The summed E-state index contributed by atoms with van der Waals surface area (Å²) in [5.74, 6) is 1.24. The Kier molecular flexibility index (Phi) is 2.29. The zero-order valence-electron chi connectivity index (χ0n) is 7.22. The Balaban J connectivity index is 3.00. The van der Waals surface area contributed by atoms with Crippen molar-refractivity contribution in [2.24, 2.45) is 5.73 Å². The second-order valence-electron chi connectivity index (χ2n) is 2.87. The summed E-state index contributed by atoms with van der Waals surface area (Å²) in [7, 11) is 0. The van der Waals surface area contributed by atoms with Crippen molar-refractivity contribution in [3.05, 3.63) is 17.0 Å². The summed E-state index contributed by atoms with van der Waals surface area (Å²) in [5, 5.41) is 3.85. The van der Waals surface area contributed by atoms with Crippen molar-refractivity contribution >= 4 is 0 Å². The molecule has 0 saturated carbocycles. The number of aryl methyl sites for hydroxylation is 2. The molecule has 0 bridgehead atoms. The first kappa shape index (κ1) is 8.27. The van der Waals surface area contributed by atoms with Gasteiger partial charge in [-0.15, -0.1) is 0 Å². The van der Waals surface area contributed by atoms with Gasteiger partial charge in [-0.3, -0.25) is 0 Å². The third kappa shape index (κ3) is 1.43. The number of hydrogen-bond acceptors (Lipinski definition) is 3. The van der Waals surface area contributed by atoms with Crippen molar-refractivity contribution in [2.75, 3.05) is 6.54 Å². The molecule has 0 radical (unpaired) electrons. The molecule has 0 unspecified atom stereocenters. The molecule has 11 heavy (non-hydrogen) atoms. The molecular weight excluding hydrogens is 140 g/mol. The summed E-state index contributed by atoms with van der Waals surface area (Å²) in [5.41, 5.74) is 7.65. The van der Waals surface area contributed by atoms with Crippen LogP contribution in [0.2, 0.25) is 0 Å². The van der Waals surface area contributed by atoms with Gasteiger partial charge in [0.25, 0.3) is 0 Å². The van der Waals surface area contributed by atoms with E-state index < -0.39 is 0 Å². The van der Waals surface area contributed by atoms with Gasteiger partial charge < -0.3 is 10.3 Å². The standard InChI is InChI=1S/C8H14N2O/c1-5(4-9)8-6(2)10-11-7(8)3/h5H,4,9H2,1-3H3/t5-/m1/s1. The van der Waals surface area contributed by atoms with Crippen LogP contribution in [0.5, 0.6) is 0 Å². The van der Waals surface area contributed by atoms with Gasteiger partial charge in [-0.05, 0) is 26.3 Å². The highest BCUT2D eigenvalue weighted by Gasteiger charge is 2.14. The minimum absolute atomic E-state index is 0.348. The van der Waals surface area contributed by atoms with Gasteiger partial charge in [0.05, 0.1) is 5.69 Å². The summed E-state index contributed by atoms with van der Waals surface area (Å²) in [6.45, 7) is 6.58. The van der Waals surface area contributed by atoms with Crippen LogP contribution in [0.3, 0.4) is 0 Å². The maximum absolute atomic E-state index is 5.53. The molecule has 0 saturated heterocycles. The Morgan fingerprint density at radius 1 is 1.55 bits per heavy atom. The molecule has 1 rings (SSSR count). The molecule has 3 nitrogen and oxygen atoms in total. The summed E-state index contributed by atoms with van der Waals surface area (Å²) >= 11 is 0. The van der Waals surface area contributed by atoms with Gasteiger partial charge in [-0.25, -0.2) is 0 Å². The number of nitrogens with zero attached hydrogens (tertiary/aromatic N) is 1. The fourth-order valence-electron chi connectivity index (χ4n) is 1.31. The van der Waals surface area contributed by atoms with Gasteiger partial charge in [0.2, 0.25) is 0 Å². The van der Waals surface area contributed by atoms with Crippen molar-refractivity contribution < 1.29 is 4.52 Å². The molecule has 1 heterocycles. The predicted octanol–water partition coefficient (Wildman–Crippen LogP) is 1.35. The SMILES string of the molecule is Cc1noc(C)c1[C@H](C)CN. The lowest BCUT2D eigenvalue weighted by molar-refractivity contribution is 0.391. The first-order chi connectivity index (χ1) is 5.16. The first-order valence-corrected chi connectivity index (χ1v) is 3.79. The second-order valence-corrected chi connectivity index (χ2v) is 2.87. The van der Waals surface area contributed by atoms with Crippen LogP contribution in [0, 0.1) is 13.8 Å². The zero-order valence-corrected chi connectivity index (χ0v) is 7.22. The van der Waals surface area contributed by atoms with E-state index in [0.29, 0.717) is 12.5 Å². The highest BCUT2D eigenvalue weighted by molar-refractivity contribution is 5.25. The number of rotatable bonds is 2. The van der Waals surface area contributed by atoms with Gasteiger partial charge >= 0.3 is 0 Å². The summed E-state index contributed by atoms with van der Waals surface area (Å²) in [4.78, 5) is 0. The monoisotopic (exact) mass is 154 g/mol. The van der Waals surface area contributed by atoms with Gasteiger partial charge in [0.15, 0.2) is 0 Å². The molecule has 1 atom stereocenters. The highest BCUT2D eigenvalue weighted by atomic mass is 16.5. The number of nitrogens with two attached hydrogens (primary N) is 1. The van der Waals surface area contributed by atoms with Gasteiger partial charge in [-0.1, -0.05) is 12.1 Å². The lowest BCUT2D eigenvalue weighted by Crippen LogP contribution is -2.10. The third-order valence-electron chi connectivity index (χ3n) is 1.93. The van der Waals surface area contributed by atoms with E-state index in [1.807, 2.05) is 13.8 Å². The van der Waals surface area contributed by atoms with Gasteiger partial charge in [-0.2, -0.15) is 0 Å². The lowest BCUT2D eigenvalue weighted by atomic mass is 10.0. The van der Waals surface area contributed by atoms with E-state index in [2.05, 4.69) is 12.1 Å². The van der Waals surface area contributed by atoms with E-state index in [1.165, 1.54) is 0 Å². The topological polar surface area (TPSA) is 52.0 Å². The second kappa shape index (κ2) is 3.05. The first-order valence-electron chi connectivity index (χ1n) is 3.79. The average molecular weight is 154 g/mol. The van der Waals surface area contributed by atoms with Crippen molar-refractivity contribution in [1.82, 2.24) is 5.16 Å². The van der Waals surface area contributed by atoms with Crippen LogP contribution in [0.4, 0.5) is 0 Å². The van der Waals surface area contributed by atoms with Crippen LogP contribution >= 0.6 is 0 Å². The van der Waals surface area contributed by atoms with E-state index in [1.54, 1.807) is 0 Å². The molecule has 0 aliphatic heterocycles. The van der Waals surface area contributed by atoms with Crippen molar-refractivity contribution in [2.45, 2.75) is 26.7 Å². The molecule has 0 spiro atoms. The molecule has 0 fully saturated rings. The lowest BCUT2D eigenvalue weighted by Gasteiger charge is -2.05. The summed E-state index contributed by atoms with van der Waals surface area (Å²) in [6, 6.07) is 0. The minimum atomic E-state index is 0.348. The smallest absolute Gasteiger partial charge is 0.137 e. The highest BCUT2D eigenvalue weighted by Crippen LogP contribution is 2.21. The fraction of sp³-hybridized carbons (Fsp3) is 0.625. The fourth-order valence-corrected chi connectivity index (χ4v) is 1.31. The summed E-state index contributed by atoms with van der Waals surface area (Å²) in [6.07, 6.45) is 0. The van der Waals surface area contributed by atoms with E-state index in [9.17, 15) is 0 Å². The molecule has 1 aromatic heterocycles. The molecule has 0 aliphatic carbocycles. The van der Waals surface area contributed by atoms with E-state index in [0.717, 1.165) is 17.0 Å². The number of aromatic nitrogens is 1. The Morgan fingerprint density at radius 2 is 2.18 bits per heavy atom. The van der Waals surface area contributed by atoms with Crippen molar-refractivity contribution in [3.63, 3.8) is 0 Å². The summed E-state index contributed by atoms with van der Waals surface area (Å²) < 4.78 is 5.01. The molecule has 0 aliphatic rings. The van der Waals surface area contributed by atoms with Crippen LogP contribution in [-0.2, 0) is 0 Å². The van der Waals surface area contributed by atoms with Gasteiger partial charge in [0, 0.05) is 5.56 Å². The van der Waals surface area contributed by atoms with Crippen LogP contribution < -0.4 is 5.73 Å². The van der Waals surface area contributed by atoms with Crippen LogP contribution in [0.1, 0.15) is 29.9 Å². The molecule has 0 amide bonds. The maximum Gasteiger partial charge on any atom is 0.137 e. The average Bonchev–Trinajstić information content (AvgIpc) is 2.30. The Labute approximate surface area is 66.6 Å². The van der Waals surface area contributed by atoms with E-state index >= 15 is 0 Å². The zero-order chi connectivity index (χ0) is 8.43. The normalized spacial score (nSPS) is 13.5. The van der Waals surface area contributed by atoms with Crippen molar-refractivity contribution in [3.8, 4) is 0 Å². The molecule has 62 valence electrons. The third-order valence-corrected chi connectivity index (χ3v) is 1.93. The Morgan fingerprint density at radius 3 is 2.55 bits per heavy atom. The van der Waals surface area contributed by atoms with Gasteiger partial charge in [0.1, 0.15) is 5.76 Å². The van der Waals surface area contributed by atoms with Crippen LogP contribution in [0.15, 0.2) is 4.52 Å². The van der Waals surface area contributed by atoms with Crippen molar-refractivity contribution in [1.29, 1.82) is 0 Å². The largest absolute Gasteiger partial charge is 0.361 e. The maximum atomic E-state index is 5.53. The quantitative estimate of drug-likeness (QED) is 0.699. The Bertz CT molecular complexity index is 223. The number of hydrogen-bond donors (Lipinski definition) is 1. The van der Waals surface area contributed by atoms with E-state index in [4.69, 9.17) is 10.3 Å². The molecule has 0 aromatic carbocycles. The minimum Gasteiger partial charge on any atom is -0.361 e.